The van der Waals surface area contributed by atoms with Crippen LogP contribution < -0.4 is 4.74 Å². The molecule has 1 aromatic rings. The Bertz CT molecular complexity index is 331. The number of methoxy groups -OCH3 is 1. The summed E-state index contributed by atoms with van der Waals surface area (Å²) in [5.74, 6) is 2.32. The van der Waals surface area contributed by atoms with Crippen molar-refractivity contribution in [2.75, 3.05) is 19.5 Å². The minimum atomic E-state index is -0.221. The molecule has 0 saturated heterocycles. The summed E-state index contributed by atoms with van der Waals surface area (Å²) in [6.07, 6.45) is 3.00. The number of halogens is 1. The second-order valence-electron chi connectivity index (χ2n) is 3.79. The molecule has 0 radical (unpaired) electrons. The maximum Gasteiger partial charge on any atom is 0.123 e. The first-order chi connectivity index (χ1) is 8.27. The molecular weight excluding hydrogens is 239 g/mol. The van der Waals surface area contributed by atoms with Crippen molar-refractivity contribution in [3.63, 3.8) is 0 Å². The second kappa shape index (κ2) is 8.37. The molecule has 0 amide bonds. The third-order valence-electron chi connectivity index (χ3n) is 2.45. The molecule has 0 bridgehead atoms. The van der Waals surface area contributed by atoms with Crippen LogP contribution in [0.15, 0.2) is 18.2 Å². The average molecular weight is 258 g/mol. The number of unbranched alkanes of at least 4 members (excludes halogenated alkanes) is 2. The molecule has 0 spiro atoms. The molecule has 17 heavy (non-hydrogen) atoms. The van der Waals surface area contributed by atoms with E-state index in [1.807, 2.05) is 0 Å². The van der Waals surface area contributed by atoms with Crippen LogP contribution in [0.3, 0.4) is 0 Å². The molecule has 96 valence electrons. The van der Waals surface area contributed by atoms with E-state index in [0.29, 0.717) is 0 Å². The van der Waals surface area contributed by atoms with Gasteiger partial charge in [-0.05, 0) is 36.8 Å². The standard InChI is InChI=1S/C13H19FO2S/c1-16-13-6-5-12(14)9-11(13)10-17-8-4-2-3-7-15/h5-6,9,15H,2-4,7-8,10H2,1H3. The maximum atomic E-state index is 13.1. The number of aliphatic hydroxyl groups is 1. The lowest BCUT2D eigenvalue weighted by Crippen LogP contribution is -1.92. The molecular formula is C13H19FO2S. The van der Waals surface area contributed by atoms with Crippen molar-refractivity contribution >= 4 is 11.8 Å². The zero-order valence-electron chi connectivity index (χ0n) is 10.1. The van der Waals surface area contributed by atoms with Crippen LogP contribution in [-0.2, 0) is 5.75 Å². The topological polar surface area (TPSA) is 29.5 Å². The van der Waals surface area contributed by atoms with Gasteiger partial charge < -0.3 is 9.84 Å². The molecule has 0 aliphatic rings. The molecule has 1 N–H and O–H groups in total. The lowest BCUT2D eigenvalue weighted by Gasteiger charge is -2.08. The Balaban J connectivity index is 2.32. The van der Waals surface area contributed by atoms with Crippen LogP contribution in [0, 0.1) is 5.82 Å². The van der Waals surface area contributed by atoms with Crippen LogP contribution in [0.4, 0.5) is 4.39 Å². The molecule has 0 unspecified atom stereocenters. The van der Waals surface area contributed by atoms with Crippen LogP contribution in [0.1, 0.15) is 24.8 Å². The summed E-state index contributed by atoms with van der Waals surface area (Å²) < 4.78 is 18.2. The van der Waals surface area contributed by atoms with E-state index in [0.717, 1.165) is 42.1 Å². The van der Waals surface area contributed by atoms with Crippen LogP contribution in [-0.4, -0.2) is 24.6 Å². The first-order valence-electron chi connectivity index (χ1n) is 5.79. The van der Waals surface area contributed by atoms with Gasteiger partial charge in [-0.25, -0.2) is 4.39 Å². The molecule has 0 aliphatic heterocycles. The largest absolute Gasteiger partial charge is 0.496 e. The van der Waals surface area contributed by atoms with Crippen molar-refractivity contribution in [1.82, 2.24) is 0 Å². The molecule has 0 saturated carbocycles. The Labute approximate surface area is 106 Å². The number of ether oxygens (including phenoxy) is 1. The highest BCUT2D eigenvalue weighted by atomic mass is 32.2. The summed E-state index contributed by atoms with van der Waals surface area (Å²) in [6.45, 7) is 0.266. The Morgan fingerprint density at radius 1 is 1.29 bits per heavy atom. The molecule has 1 rings (SSSR count). The summed E-state index contributed by atoms with van der Waals surface area (Å²) >= 11 is 1.77. The highest BCUT2D eigenvalue weighted by molar-refractivity contribution is 7.98. The van der Waals surface area contributed by atoms with Gasteiger partial charge in [0.1, 0.15) is 11.6 Å². The minimum absolute atomic E-state index is 0.221. The highest BCUT2D eigenvalue weighted by Crippen LogP contribution is 2.24. The van der Waals surface area contributed by atoms with Gasteiger partial charge in [0.05, 0.1) is 7.11 Å². The number of benzene rings is 1. The third kappa shape index (κ3) is 5.41. The Morgan fingerprint density at radius 2 is 2.12 bits per heavy atom. The van der Waals surface area contributed by atoms with E-state index in [-0.39, 0.29) is 12.4 Å². The van der Waals surface area contributed by atoms with Crippen LogP contribution in [0.2, 0.25) is 0 Å². The van der Waals surface area contributed by atoms with E-state index in [1.165, 1.54) is 12.1 Å². The van der Waals surface area contributed by atoms with Crippen molar-refractivity contribution in [2.45, 2.75) is 25.0 Å². The predicted molar refractivity (Wildman–Crippen MR) is 70.1 cm³/mol. The van der Waals surface area contributed by atoms with Crippen molar-refractivity contribution in [1.29, 1.82) is 0 Å². The van der Waals surface area contributed by atoms with E-state index in [4.69, 9.17) is 9.84 Å². The number of aliphatic hydroxyl groups excluding tert-OH is 1. The molecule has 4 heteroatoms. The van der Waals surface area contributed by atoms with Gasteiger partial charge in [0.25, 0.3) is 0 Å². The van der Waals surface area contributed by atoms with Crippen molar-refractivity contribution in [3.8, 4) is 5.75 Å². The van der Waals surface area contributed by atoms with Gasteiger partial charge in [0.15, 0.2) is 0 Å². The van der Waals surface area contributed by atoms with Crippen LogP contribution >= 0.6 is 11.8 Å². The molecule has 2 nitrogen and oxygen atoms in total. The number of rotatable bonds is 8. The SMILES string of the molecule is COc1ccc(F)cc1CSCCCCCO. The van der Waals surface area contributed by atoms with E-state index < -0.39 is 0 Å². The number of thioether (sulfide) groups is 1. The summed E-state index contributed by atoms with van der Waals surface area (Å²) in [4.78, 5) is 0. The summed E-state index contributed by atoms with van der Waals surface area (Å²) in [7, 11) is 1.60. The fourth-order valence-corrected chi connectivity index (χ4v) is 2.53. The maximum absolute atomic E-state index is 13.1. The predicted octanol–water partition coefficient (Wildman–Crippen LogP) is 3.23. The zero-order valence-corrected chi connectivity index (χ0v) is 10.9. The smallest absolute Gasteiger partial charge is 0.123 e. The third-order valence-corrected chi connectivity index (χ3v) is 3.54. The first kappa shape index (κ1) is 14.3. The Kier molecular flexibility index (Phi) is 7.05. The van der Waals surface area contributed by atoms with E-state index >= 15 is 0 Å². The Hall–Kier alpha value is -0.740. The van der Waals surface area contributed by atoms with Gasteiger partial charge in [-0.3, -0.25) is 0 Å². The van der Waals surface area contributed by atoms with Gasteiger partial charge >= 0.3 is 0 Å². The normalized spacial score (nSPS) is 10.5. The lowest BCUT2D eigenvalue weighted by atomic mass is 10.2. The van der Waals surface area contributed by atoms with Crippen LogP contribution in [0.5, 0.6) is 5.75 Å². The monoisotopic (exact) mass is 258 g/mol. The van der Waals surface area contributed by atoms with E-state index in [9.17, 15) is 4.39 Å². The van der Waals surface area contributed by atoms with Crippen molar-refractivity contribution in [2.24, 2.45) is 0 Å². The van der Waals surface area contributed by atoms with Crippen molar-refractivity contribution < 1.29 is 14.2 Å². The van der Waals surface area contributed by atoms with Gasteiger partial charge in [0, 0.05) is 17.9 Å². The fourth-order valence-electron chi connectivity index (χ4n) is 1.53. The molecule has 0 aliphatic carbocycles. The minimum Gasteiger partial charge on any atom is -0.496 e. The quantitative estimate of drug-likeness (QED) is 0.726. The first-order valence-corrected chi connectivity index (χ1v) is 6.94. The molecule has 1 aromatic carbocycles. The molecule has 0 aromatic heterocycles. The second-order valence-corrected chi connectivity index (χ2v) is 4.90. The summed E-state index contributed by atoms with van der Waals surface area (Å²) in [5, 5.41) is 8.63. The van der Waals surface area contributed by atoms with Crippen molar-refractivity contribution in [3.05, 3.63) is 29.6 Å². The van der Waals surface area contributed by atoms with E-state index in [1.54, 1.807) is 24.9 Å². The molecule has 0 atom stereocenters. The number of hydrogen-bond acceptors (Lipinski definition) is 3. The highest BCUT2D eigenvalue weighted by Gasteiger charge is 2.04. The van der Waals surface area contributed by atoms with Crippen LogP contribution in [0.25, 0.3) is 0 Å². The summed E-state index contributed by atoms with van der Waals surface area (Å²) in [5.41, 5.74) is 0.902. The van der Waals surface area contributed by atoms with Gasteiger partial charge in [-0.1, -0.05) is 6.42 Å². The lowest BCUT2D eigenvalue weighted by molar-refractivity contribution is 0.284. The van der Waals surface area contributed by atoms with Gasteiger partial charge in [-0.15, -0.1) is 0 Å². The molecule has 0 fully saturated rings. The number of hydrogen-bond donors (Lipinski definition) is 1. The van der Waals surface area contributed by atoms with Gasteiger partial charge in [0.2, 0.25) is 0 Å². The molecule has 0 heterocycles. The summed E-state index contributed by atoms with van der Waals surface area (Å²) in [6, 6.07) is 4.60. The van der Waals surface area contributed by atoms with Gasteiger partial charge in [-0.2, -0.15) is 11.8 Å². The zero-order chi connectivity index (χ0) is 12.5. The Morgan fingerprint density at radius 3 is 2.82 bits per heavy atom. The average Bonchev–Trinajstić information content (AvgIpc) is 2.34. The fraction of sp³-hybridized carbons (Fsp3) is 0.538. The van der Waals surface area contributed by atoms with E-state index in [2.05, 4.69) is 0 Å².